The predicted octanol–water partition coefficient (Wildman–Crippen LogP) is 1.66. The van der Waals surface area contributed by atoms with E-state index in [1.165, 1.54) is 0 Å². The molecule has 0 spiro atoms. The summed E-state index contributed by atoms with van der Waals surface area (Å²) >= 11 is 0. The molecule has 0 unspecified atom stereocenters. The van der Waals surface area contributed by atoms with E-state index in [2.05, 4.69) is 21.4 Å². The lowest BCUT2D eigenvalue weighted by molar-refractivity contribution is 0.626. The Hall–Kier alpha value is -2.25. The molecule has 4 heteroatoms. The average Bonchev–Trinajstić information content (AvgIpc) is 2.46. The maximum atomic E-state index is 9.10. The first-order valence-corrected chi connectivity index (χ1v) is 5.93. The average molecular weight is 236 g/mol. The summed E-state index contributed by atoms with van der Waals surface area (Å²) in [7, 11) is 0. The zero-order valence-corrected chi connectivity index (χ0v) is 9.85. The van der Waals surface area contributed by atoms with Gasteiger partial charge in [-0.2, -0.15) is 5.26 Å². The van der Waals surface area contributed by atoms with Crippen LogP contribution in [0.2, 0.25) is 0 Å². The summed E-state index contributed by atoms with van der Waals surface area (Å²) in [4.78, 5) is 8.96. The Labute approximate surface area is 105 Å². The number of hydrogen-bond acceptors (Lipinski definition) is 4. The highest BCUT2D eigenvalue weighted by Crippen LogP contribution is 2.21. The lowest BCUT2D eigenvalue weighted by Crippen LogP contribution is -2.25. The third-order valence-electron chi connectivity index (χ3n) is 3.10. The van der Waals surface area contributed by atoms with Gasteiger partial charge in [-0.3, -0.25) is 0 Å². The minimum absolute atomic E-state index is 0.617. The summed E-state index contributed by atoms with van der Waals surface area (Å²) in [6.45, 7) is 1.78. The number of rotatable bonds is 1. The van der Waals surface area contributed by atoms with E-state index in [0.717, 1.165) is 36.3 Å². The first-order valence-electron chi connectivity index (χ1n) is 5.93. The van der Waals surface area contributed by atoms with Crippen LogP contribution in [0.3, 0.4) is 0 Å². The predicted molar refractivity (Wildman–Crippen MR) is 67.6 cm³/mol. The Morgan fingerprint density at radius 1 is 1.28 bits per heavy atom. The molecule has 2 aromatic rings. The van der Waals surface area contributed by atoms with E-state index in [1.807, 2.05) is 24.4 Å². The molecule has 1 N–H and O–H groups in total. The third kappa shape index (κ3) is 1.85. The summed E-state index contributed by atoms with van der Waals surface area (Å²) in [6.07, 6.45) is 2.78. The van der Waals surface area contributed by atoms with Crippen LogP contribution in [0.5, 0.6) is 0 Å². The van der Waals surface area contributed by atoms with Crippen molar-refractivity contribution in [2.75, 3.05) is 6.54 Å². The number of nitrogens with zero attached hydrogens (tertiary/aromatic N) is 3. The quantitative estimate of drug-likeness (QED) is 0.818. The van der Waals surface area contributed by atoms with E-state index >= 15 is 0 Å². The van der Waals surface area contributed by atoms with Gasteiger partial charge in [0.05, 0.1) is 17.3 Å². The molecule has 88 valence electrons. The second-order valence-electron chi connectivity index (χ2n) is 4.25. The SMILES string of the molecule is N#Cc1ccccc1-c1ncc2c(n1)CCNC2. The number of benzene rings is 1. The fourth-order valence-electron chi connectivity index (χ4n) is 2.14. The topological polar surface area (TPSA) is 61.6 Å². The highest BCUT2D eigenvalue weighted by atomic mass is 14.9. The number of aromatic nitrogens is 2. The van der Waals surface area contributed by atoms with Crippen LogP contribution in [-0.2, 0) is 13.0 Å². The Bertz CT molecular complexity index is 628. The summed E-state index contributed by atoms with van der Waals surface area (Å²) in [5, 5.41) is 12.4. The lowest BCUT2D eigenvalue weighted by Gasteiger charge is -2.16. The van der Waals surface area contributed by atoms with Crippen molar-refractivity contribution in [1.29, 1.82) is 5.26 Å². The normalized spacial score (nSPS) is 13.7. The van der Waals surface area contributed by atoms with E-state index in [-0.39, 0.29) is 0 Å². The van der Waals surface area contributed by atoms with Gasteiger partial charge >= 0.3 is 0 Å². The van der Waals surface area contributed by atoms with Crippen LogP contribution in [-0.4, -0.2) is 16.5 Å². The molecule has 2 heterocycles. The van der Waals surface area contributed by atoms with Gasteiger partial charge in [0.2, 0.25) is 0 Å². The highest BCUT2D eigenvalue weighted by molar-refractivity contribution is 5.64. The first-order chi connectivity index (χ1) is 8.88. The zero-order chi connectivity index (χ0) is 12.4. The van der Waals surface area contributed by atoms with Crippen LogP contribution in [0.25, 0.3) is 11.4 Å². The monoisotopic (exact) mass is 236 g/mol. The molecule has 1 aliphatic heterocycles. The van der Waals surface area contributed by atoms with Crippen molar-refractivity contribution in [3.63, 3.8) is 0 Å². The molecule has 1 aliphatic rings. The molecule has 0 amide bonds. The summed E-state index contributed by atoms with van der Waals surface area (Å²) in [6, 6.07) is 9.62. The van der Waals surface area contributed by atoms with Crippen molar-refractivity contribution in [2.45, 2.75) is 13.0 Å². The van der Waals surface area contributed by atoms with E-state index < -0.39 is 0 Å². The van der Waals surface area contributed by atoms with Gasteiger partial charge in [0, 0.05) is 36.8 Å². The lowest BCUT2D eigenvalue weighted by atomic mass is 10.1. The van der Waals surface area contributed by atoms with E-state index in [4.69, 9.17) is 5.26 Å². The number of hydrogen-bond donors (Lipinski definition) is 1. The summed E-state index contributed by atoms with van der Waals surface area (Å²) in [5.74, 6) is 0.646. The molecule has 0 bridgehead atoms. The van der Waals surface area contributed by atoms with Gasteiger partial charge in [-0.1, -0.05) is 12.1 Å². The van der Waals surface area contributed by atoms with Gasteiger partial charge in [-0.05, 0) is 12.1 Å². The minimum atomic E-state index is 0.617. The molecule has 4 nitrogen and oxygen atoms in total. The van der Waals surface area contributed by atoms with Crippen molar-refractivity contribution in [3.05, 3.63) is 47.3 Å². The molecule has 0 fully saturated rings. The standard InChI is InChI=1S/C14H12N4/c15-7-10-3-1-2-4-12(10)14-17-9-11-8-16-6-5-13(11)18-14/h1-4,9,16H,5-6,8H2. The molecule has 18 heavy (non-hydrogen) atoms. The van der Waals surface area contributed by atoms with Crippen LogP contribution in [0.1, 0.15) is 16.8 Å². The second kappa shape index (κ2) is 4.55. The molecule has 0 radical (unpaired) electrons. The van der Waals surface area contributed by atoms with Gasteiger partial charge < -0.3 is 5.32 Å². The van der Waals surface area contributed by atoms with Crippen molar-refractivity contribution in [3.8, 4) is 17.5 Å². The van der Waals surface area contributed by atoms with Crippen molar-refractivity contribution >= 4 is 0 Å². The van der Waals surface area contributed by atoms with Crippen LogP contribution in [0.4, 0.5) is 0 Å². The van der Waals surface area contributed by atoms with Crippen LogP contribution >= 0.6 is 0 Å². The molecule has 1 aromatic heterocycles. The molecule has 3 rings (SSSR count). The Balaban J connectivity index is 2.10. The largest absolute Gasteiger partial charge is 0.312 e. The van der Waals surface area contributed by atoms with Crippen LogP contribution in [0.15, 0.2) is 30.5 Å². The maximum absolute atomic E-state index is 9.10. The van der Waals surface area contributed by atoms with Gasteiger partial charge in [-0.15, -0.1) is 0 Å². The smallest absolute Gasteiger partial charge is 0.160 e. The van der Waals surface area contributed by atoms with E-state index in [1.54, 1.807) is 6.07 Å². The fraction of sp³-hybridized carbons (Fsp3) is 0.214. The Kier molecular flexibility index (Phi) is 2.75. The number of nitriles is 1. The summed E-state index contributed by atoms with van der Waals surface area (Å²) < 4.78 is 0. The van der Waals surface area contributed by atoms with Gasteiger partial charge in [0.15, 0.2) is 5.82 Å². The molecule has 1 aromatic carbocycles. The van der Waals surface area contributed by atoms with Crippen molar-refractivity contribution in [2.24, 2.45) is 0 Å². The molecular weight excluding hydrogens is 224 g/mol. The van der Waals surface area contributed by atoms with Gasteiger partial charge in [0.1, 0.15) is 0 Å². The fourth-order valence-corrected chi connectivity index (χ4v) is 2.14. The second-order valence-corrected chi connectivity index (χ2v) is 4.25. The van der Waals surface area contributed by atoms with Gasteiger partial charge in [-0.25, -0.2) is 9.97 Å². The Morgan fingerprint density at radius 2 is 2.17 bits per heavy atom. The highest BCUT2D eigenvalue weighted by Gasteiger charge is 2.13. The number of nitrogens with one attached hydrogen (secondary N) is 1. The first kappa shape index (κ1) is 10.9. The molecule has 0 aliphatic carbocycles. The molecule has 0 saturated heterocycles. The summed E-state index contributed by atoms with van der Waals surface area (Å²) in [5.41, 5.74) is 3.67. The maximum Gasteiger partial charge on any atom is 0.160 e. The van der Waals surface area contributed by atoms with Crippen LogP contribution < -0.4 is 5.32 Å². The van der Waals surface area contributed by atoms with Gasteiger partial charge in [0.25, 0.3) is 0 Å². The molecule has 0 atom stereocenters. The minimum Gasteiger partial charge on any atom is -0.312 e. The van der Waals surface area contributed by atoms with E-state index in [9.17, 15) is 0 Å². The zero-order valence-electron chi connectivity index (χ0n) is 9.85. The molecular formula is C14H12N4. The van der Waals surface area contributed by atoms with Crippen molar-refractivity contribution in [1.82, 2.24) is 15.3 Å². The van der Waals surface area contributed by atoms with Crippen molar-refractivity contribution < 1.29 is 0 Å². The third-order valence-corrected chi connectivity index (χ3v) is 3.10. The Morgan fingerprint density at radius 3 is 3.06 bits per heavy atom. The molecule has 0 saturated carbocycles. The number of fused-ring (bicyclic) bond motifs is 1. The van der Waals surface area contributed by atoms with E-state index in [0.29, 0.717) is 11.4 Å². The van der Waals surface area contributed by atoms with Crippen LogP contribution in [0, 0.1) is 11.3 Å².